The van der Waals surface area contributed by atoms with Crippen LogP contribution < -0.4 is 5.73 Å². The Hall–Kier alpha value is -2.70. The van der Waals surface area contributed by atoms with Gasteiger partial charge in [0.2, 0.25) is 5.91 Å². The van der Waals surface area contributed by atoms with Crippen molar-refractivity contribution in [1.29, 1.82) is 0 Å². The zero-order valence-electron chi connectivity index (χ0n) is 18.0. The fourth-order valence-corrected chi connectivity index (χ4v) is 5.18. The Morgan fingerprint density at radius 1 is 1.03 bits per heavy atom. The van der Waals surface area contributed by atoms with E-state index in [1.165, 1.54) is 5.56 Å². The first-order valence-corrected chi connectivity index (χ1v) is 11.1. The second-order valence-electron chi connectivity index (χ2n) is 8.91. The molecule has 3 unspecified atom stereocenters. The summed E-state index contributed by atoms with van der Waals surface area (Å²) in [6.07, 6.45) is 1.87. The Bertz CT molecular complexity index is 932. The summed E-state index contributed by atoms with van der Waals surface area (Å²) in [5.41, 5.74) is 8.31. The molecule has 2 amide bonds. The van der Waals surface area contributed by atoms with Gasteiger partial charge in [0.15, 0.2) is 0 Å². The molecule has 2 aliphatic heterocycles. The number of fused-ring (bicyclic) bond motifs is 1. The maximum absolute atomic E-state index is 13.2. The highest BCUT2D eigenvalue weighted by Gasteiger charge is 2.43. The molecule has 0 aliphatic carbocycles. The highest BCUT2D eigenvalue weighted by molar-refractivity contribution is 6.07. The molecule has 2 aliphatic rings. The number of rotatable bonds is 7. The van der Waals surface area contributed by atoms with E-state index >= 15 is 0 Å². The number of aryl methyl sites for hydroxylation is 2. The Balaban J connectivity index is 1.38. The molecule has 2 fully saturated rings. The number of aliphatic hydroxyl groups is 1. The smallest absolute Gasteiger partial charge is 0.254 e. The third kappa shape index (κ3) is 4.50. The summed E-state index contributed by atoms with van der Waals surface area (Å²) in [5, 5.41) is 9.98. The summed E-state index contributed by atoms with van der Waals surface area (Å²) in [6, 6.07) is 15.7. The Kier molecular flexibility index (Phi) is 6.39. The number of likely N-dealkylation sites (tertiary alicyclic amines) is 2. The molecule has 2 aromatic carbocycles. The van der Waals surface area contributed by atoms with Crippen molar-refractivity contribution in [3.63, 3.8) is 0 Å². The van der Waals surface area contributed by atoms with Gasteiger partial charge in [-0.25, -0.2) is 0 Å². The molecule has 3 atom stereocenters. The number of amides is 2. The lowest BCUT2D eigenvalue weighted by Gasteiger charge is -2.28. The van der Waals surface area contributed by atoms with Gasteiger partial charge in [-0.2, -0.15) is 0 Å². The van der Waals surface area contributed by atoms with Gasteiger partial charge in [0.05, 0.1) is 17.7 Å². The van der Waals surface area contributed by atoms with Gasteiger partial charge in [0.1, 0.15) is 0 Å². The second kappa shape index (κ2) is 9.20. The first kappa shape index (κ1) is 21.5. The molecule has 4 rings (SSSR count). The van der Waals surface area contributed by atoms with Gasteiger partial charge < -0.3 is 15.7 Å². The van der Waals surface area contributed by atoms with Crippen LogP contribution in [0.4, 0.5) is 0 Å². The Morgan fingerprint density at radius 3 is 2.32 bits per heavy atom. The number of benzene rings is 2. The summed E-state index contributed by atoms with van der Waals surface area (Å²) in [5.74, 6) is 0.129. The van der Waals surface area contributed by atoms with Gasteiger partial charge in [0.25, 0.3) is 5.91 Å². The molecule has 0 aromatic heterocycles. The van der Waals surface area contributed by atoms with Crippen molar-refractivity contribution in [3.05, 3.63) is 70.8 Å². The molecular formula is C25H31N3O3. The highest BCUT2D eigenvalue weighted by Crippen LogP contribution is 2.34. The number of hydrogen-bond acceptors (Lipinski definition) is 4. The maximum Gasteiger partial charge on any atom is 0.254 e. The minimum Gasteiger partial charge on any atom is -0.395 e. The van der Waals surface area contributed by atoms with Crippen molar-refractivity contribution < 1.29 is 14.7 Å². The normalized spacial score (nSPS) is 21.8. The van der Waals surface area contributed by atoms with E-state index in [9.17, 15) is 14.7 Å². The molecule has 2 aromatic rings. The number of primary amides is 1. The Morgan fingerprint density at radius 2 is 1.71 bits per heavy atom. The van der Waals surface area contributed by atoms with Gasteiger partial charge >= 0.3 is 0 Å². The van der Waals surface area contributed by atoms with Crippen molar-refractivity contribution in [2.24, 2.45) is 17.6 Å². The zero-order valence-corrected chi connectivity index (χ0v) is 18.0. The van der Waals surface area contributed by atoms with Crippen LogP contribution in [0.3, 0.4) is 0 Å². The number of hydrogen-bond donors (Lipinski definition) is 2. The lowest BCUT2D eigenvalue weighted by molar-refractivity contribution is 0.0751. The van der Waals surface area contributed by atoms with Gasteiger partial charge in [-0.1, -0.05) is 42.5 Å². The second-order valence-corrected chi connectivity index (χ2v) is 8.91. The van der Waals surface area contributed by atoms with E-state index in [0.717, 1.165) is 31.5 Å². The van der Waals surface area contributed by atoms with Gasteiger partial charge in [-0.15, -0.1) is 0 Å². The molecular weight excluding hydrogens is 390 g/mol. The quantitative estimate of drug-likeness (QED) is 0.717. The van der Waals surface area contributed by atoms with Crippen LogP contribution in [0.15, 0.2) is 48.5 Å². The predicted octanol–water partition coefficient (Wildman–Crippen LogP) is 2.09. The summed E-state index contributed by atoms with van der Waals surface area (Å²) in [4.78, 5) is 29.3. The van der Waals surface area contributed by atoms with E-state index < -0.39 is 5.91 Å². The standard InChI is InChI=1S/C25H31N3O3/c1-17-6-5-9-22(24(26)30)23(17)25(31)28-14-19-12-27(13-20(19)15-28)21(16-29)11-10-18-7-3-2-4-8-18/h2-9,19-21,29H,10-16H2,1H3,(H2,26,30). The molecule has 2 saturated heterocycles. The molecule has 0 radical (unpaired) electrons. The van der Waals surface area contributed by atoms with Crippen molar-refractivity contribution >= 4 is 11.8 Å². The van der Waals surface area contributed by atoms with Crippen molar-refractivity contribution in [2.45, 2.75) is 25.8 Å². The molecule has 31 heavy (non-hydrogen) atoms. The number of aliphatic hydroxyl groups excluding tert-OH is 1. The van der Waals surface area contributed by atoms with Gasteiger partial charge in [-0.3, -0.25) is 14.5 Å². The summed E-state index contributed by atoms with van der Waals surface area (Å²) >= 11 is 0. The van der Waals surface area contributed by atoms with Crippen LogP contribution in [0.5, 0.6) is 0 Å². The Labute approximate surface area is 183 Å². The topological polar surface area (TPSA) is 86.9 Å². The molecule has 0 saturated carbocycles. The zero-order chi connectivity index (χ0) is 22.0. The third-order valence-electron chi connectivity index (χ3n) is 6.89. The van der Waals surface area contributed by atoms with Crippen LogP contribution >= 0.6 is 0 Å². The van der Waals surface area contributed by atoms with Crippen LogP contribution in [-0.2, 0) is 6.42 Å². The number of nitrogens with two attached hydrogens (primary N) is 1. The molecule has 0 spiro atoms. The van der Waals surface area contributed by atoms with Crippen LogP contribution in [0.1, 0.15) is 38.3 Å². The van der Waals surface area contributed by atoms with E-state index in [1.807, 2.05) is 36.1 Å². The minimum atomic E-state index is -0.568. The molecule has 2 heterocycles. The third-order valence-corrected chi connectivity index (χ3v) is 6.89. The maximum atomic E-state index is 13.2. The van der Waals surface area contributed by atoms with E-state index in [-0.39, 0.29) is 18.6 Å². The van der Waals surface area contributed by atoms with Crippen molar-refractivity contribution in [2.75, 3.05) is 32.8 Å². The summed E-state index contributed by atoms with van der Waals surface area (Å²) in [6.45, 7) is 5.15. The molecule has 6 nitrogen and oxygen atoms in total. The average molecular weight is 422 g/mol. The highest BCUT2D eigenvalue weighted by atomic mass is 16.3. The minimum absolute atomic E-state index is 0.101. The first-order chi connectivity index (χ1) is 15.0. The lowest BCUT2D eigenvalue weighted by atomic mass is 10.00. The van der Waals surface area contributed by atoms with E-state index in [1.54, 1.807) is 12.1 Å². The van der Waals surface area contributed by atoms with Gasteiger partial charge in [0, 0.05) is 32.2 Å². The number of carbonyl (C=O) groups is 2. The molecule has 3 N–H and O–H groups in total. The van der Waals surface area contributed by atoms with Crippen LogP contribution in [0, 0.1) is 18.8 Å². The fraction of sp³-hybridized carbons (Fsp3) is 0.440. The van der Waals surface area contributed by atoms with Crippen molar-refractivity contribution in [1.82, 2.24) is 9.80 Å². The van der Waals surface area contributed by atoms with Crippen LogP contribution in [0.2, 0.25) is 0 Å². The van der Waals surface area contributed by atoms with Crippen molar-refractivity contribution in [3.8, 4) is 0 Å². The molecule has 6 heteroatoms. The largest absolute Gasteiger partial charge is 0.395 e. The first-order valence-electron chi connectivity index (χ1n) is 11.1. The van der Waals surface area contributed by atoms with Crippen LogP contribution in [0.25, 0.3) is 0 Å². The summed E-state index contributed by atoms with van der Waals surface area (Å²) < 4.78 is 0. The van der Waals surface area contributed by atoms with E-state index in [0.29, 0.717) is 36.1 Å². The monoisotopic (exact) mass is 421 g/mol. The number of carbonyl (C=O) groups excluding carboxylic acids is 2. The van der Waals surface area contributed by atoms with E-state index in [4.69, 9.17) is 5.73 Å². The predicted molar refractivity (Wildman–Crippen MR) is 120 cm³/mol. The average Bonchev–Trinajstić information content (AvgIpc) is 3.34. The lowest BCUT2D eigenvalue weighted by Crippen LogP contribution is -2.40. The fourth-order valence-electron chi connectivity index (χ4n) is 5.18. The van der Waals surface area contributed by atoms with Crippen LogP contribution in [-0.4, -0.2) is 65.5 Å². The molecule has 0 bridgehead atoms. The van der Waals surface area contributed by atoms with E-state index in [2.05, 4.69) is 17.0 Å². The molecule has 164 valence electrons. The SMILES string of the molecule is Cc1cccc(C(N)=O)c1C(=O)N1CC2CN(C(CO)CCc3ccccc3)CC2C1. The number of nitrogens with zero attached hydrogens (tertiary/aromatic N) is 2. The van der Waals surface area contributed by atoms with Gasteiger partial charge in [-0.05, 0) is 48.8 Å². The summed E-state index contributed by atoms with van der Waals surface area (Å²) in [7, 11) is 0.